The van der Waals surface area contributed by atoms with Crippen LogP contribution in [-0.2, 0) is 13.1 Å². The SMILES string of the molecule is CCNC(=NCc1ccc(OC)cc1OC)NCc1ccc(C)cc1OC.I. The van der Waals surface area contributed by atoms with Crippen LogP contribution in [0.1, 0.15) is 23.6 Å². The van der Waals surface area contributed by atoms with E-state index in [2.05, 4.69) is 27.8 Å². The van der Waals surface area contributed by atoms with Crippen molar-refractivity contribution < 1.29 is 14.2 Å². The molecule has 0 bridgehead atoms. The maximum Gasteiger partial charge on any atom is 0.191 e. The highest BCUT2D eigenvalue weighted by Gasteiger charge is 2.07. The summed E-state index contributed by atoms with van der Waals surface area (Å²) in [5.41, 5.74) is 3.24. The quantitative estimate of drug-likeness (QED) is 0.328. The molecule has 0 saturated carbocycles. The normalized spacial score (nSPS) is 10.7. The number of halogens is 1. The highest BCUT2D eigenvalue weighted by Crippen LogP contribution is 2.25. The van der Waals surface area contributed by atoms with Gasteiger partial charge in [-0.1, -0.05) is 12.1 Å². The van der Waals surface area contributed by atoms with Crippen molar-refractivity contribution in [1.29, 1.82) is 0 Å². The fourth-order valence-corrected chi connectivity index (χ4v) is 2.67. The molecule has 0 fully saturated rings. The highest BCUT2D eigenvalue weighted by molar-refractivity contribution is 14.0. The van der Waals surface area contributed by atoms with Crippen molar-refractivity contribution in [3.8, 4) is 17.2 Å². The van der Waals surface area contributed by atoms with E-state index in [1.807, 2.05) is 38.1 Å². The number of ether oxygens (including phenoxy) is 3. The third-order valence-electron chi connectivity index (χ3n) is 4.13. The van der Waals surface area contributed by atoms with Crippen LogP contribution in [0.2, 0.25) is 0 Å². The molecule has 28 heavy (non-hydrogen) atoms. The smallest absolute Gasteiger partial charge is 0.191 e. The van der Waals surface area contributed by atoms with Crippen LogP contribution in [0.25, 0.3) is 0 Å². The Balaban J connectivity index is 0.00000392. The third kappa shape index (κ3) is 6.78. The van der Waals surface area contributed by atoms with E-state index in [0.717, 1.165) is 40.9 Å². The second-order valence-corrected chi connectivity index (χ2v) is 6.04. The molecule has 0 atom stereocenters. The van der Waals surface area contributed by atoms with Gasteiger partial charge in [0.15, 0.2) is 5.96 Å². The largest absolute Gasteiger partial charge is 0.497 e. The summed E-state index contributed by atoms with van der Waals surface area (Å²) < 4.78 is 16.2. The number of methoxy groups -OCH3 is 3. The van der Waals surface area contributed by atoms with Crippen molar-refractivity contribution in [2.75, 3.05) is 27.9 Å². The first-order chi connectivity index (χ1) is 13.1. The zero-order valence-electron chi connectivity index (χ0n) is 17.2. The van der Waals surface area contributed by atoms with E-state index in [-0.39, 0.29) is 24.0 Å². The predicted molar refractivity (Wildman–Crippen MR) is 124 cm³/mol. The van der Waals surface area contributed by atoms with Crippen molar-refractivity contribution in [3.05, 3.63) is 53.1 Å². The van der Waals surface area contributed by atoms with Gasteiger partial charge in [0.25, 0.3) is 0 Å². The van der Waals surface area contributed by atoms with E-state index in [1.54, 1.807) is 21.3 Å². The van der Waals surface area contributed by atoms with Crippen LogP contribution in [0.15, 0.2) is 41.4 Å². The lowest BCUT2D eigenvalue weighted by atomic mass is 10.1. The van der Waals surface area contributed by atoms with Crippen LogP contribution in [0, 0.1) is 6.92 Å². The first-order valence-electron chi connectivity index (χ1n) is 8.97. The zero-order valence-corrected chi connectivity index (χ0v) is 19.5. The molecular weight excluding hydrogens is 469 g/mol. The number of hydrogen-bond acceptors (Lipinski definition) is 4. The topological polar surface area (TPSA) is 64.1 Å². The van der Waals surface area contributed by atoms with Gasteiger partial charge in [-0.3, -0.25) is 0 Å². The Morgan fingerprint density at radius 2 is 1.57 bits per heavy atom. The Labute approximate surface area is 184 Å². The van der Waals surface area contributed by atoms with E-state index >= 15 is 0 Å². The summed E-state index contributed by atoms with van der Waals surface area (Å²) in [6, 6.07) is 11.9. The van der Waals surface area contributed by atoms with E-state index in [0.29, 0.717) is 13.1 Å². The van der Waals surface area contributed by atoms with E-state index < -0.39 is 0 Å². The Kier molecular flexibility index (Phi) is 10.5. The van der Waals surface area contributed by atoms with Gasteiger partial charge in [0.1, 0.15) is 17.2 Å². The van der Waals surface area contributed by atoms with E-state index in [4.69, 9.17) is 14.2 Å². The van der Waals surface area contributed by atoms with Crippen molar-refractivity contribution in [3.63, 3.8) is 0 Å². The molecular formula is C21H30IN3O3. The van der Waals surface area contributed by atoms with E-state index in [9.17, 15) is 0 Å². The van der Waals surface area contributed by atoms with Gasteiger partial charge in [-0.2, -0.15) is 0 Å². The van der Waals surface area contributed by atoms with Gasteiger partial charge < -0.3 is 24.8 Å². The van der Waals surface area contributed by atoms with Crippen LogP contribution >= 0.6 is 24.0 Å². The number of aliphatic imine (C=N–C) groups is 1. The molecule has 0 saturated heterocycles. The molecule has 0 aromatic heterocycles. The lowest BCUT2D eigenvalue weighted by Crippen LogP contribution is -2.36. The Hall–Kier alpha value is -2.16. The second-order valence-electron chi connectivity index (χ2n) is 6.04. The summed E-state index contributed by atoms with van der Waals surface area (Å²) in [4.78, 5) is 4.67. The summed E-state index contributed by atoms with van der Waals surface area (Å²) in [7, 11) is 4.97. The van der Waals surface area contributed by atoms with Crippen LogP contribution in [0.3, 0.4) is 0 Å². The van der Waals surface area contributed by atoms with Crippen molar-refractivity contribution in [2.45, 2.75) is 26.9 Å². The first-order valence-corrected chi connectivity index (χ1v) is 8.97. The predicted octanol–water partition coefficient (Wildman–Crippen LogP) is 3.89. The average Bonchev–Trinajstić information content (AvgIpc) is 2.70. The second kappa shape index (κ2) is 12.3. The van der Waals surface area contributed by atoms with Crippen molar-refractivity contribution in [1.82, 2.24) is 10.6 Å². The van der Waals surface area contributed by atoms with Gasteiger partial charge in [0.05, 0.1) is 27.9 Å². The Morgan fingerprint density at radius 1 is 0.893 bits per heavy atom. The summed E-state index contributed by atoms with van der Waals surface area (Å²) in [5.74, 6) is 3.12. The molecule has 7 heteroatoms. The highest BCUT2D eigenvalue weighted by atomic mass is 127. The number of nitrogens with zero attached hydrogens (tertiary/aromatic N) is 1. The molecule has 0 radical (unpaired) electrons. The van der Waals surface area contributed by atoms with Crippen LogP contribution in [0.4, 0.5) is 0 Å². The molecule has 0 heterocycles. The number of benzene rings is 2. The number of rotatable bonds is 8. The average molecular weight is 499 g/mol. The lowest BCUT2D eigenvalue weighted by Gasteiger charge is -2.14. The molecule has 0 unspecified atom stereocenters. The van der Waals surface area contributed by atoms with Gasteiger partial charge in [-0.15, -0.1) is 24.0 Å². The van der Waals surface area contributed by atoms with Gasteiger partial charge in [-0.25, -0.2) is 4.99 Å². The van der Waals surface area contributed by atoms with Crippen LogP contribution in [0.5, 0.6) is 17.2 Å². The maximum atomic E-state index is 5.47. The fourth-order valence-electron chi connectivity index (χ4n) is 2.67. The van der Waals surface area contributed by atoms with Gasteiger partial charge in [-0.05, 0) is 37.6 Å². The molecule has 154 valence electrons. The monoisotopic (exact) mass is 499 g/mol. The summed E-state index contributed by atoms with van der Waals surface area (Å²) in [6.45, 7) is 5.98. The summed E-state index contributed by atoms with van der Waals surface area (Å²) >= 11 is 0. The fraction of sp³-hybridized carbons (Fsp3) is 0.381. The number of aryl methyl sites for hydroxylation is 1. The molecule has 2 aromatic rings. The van der Waals surface area contributed by atoms with Crippen LogP contribution in [-0.4, -0.2) is 33.8 Å². The summed E-state index contributed by atoms with van der Waals surface area (Å²) in [6.07, 6.45) is 0. The molecule has 0 amide bonds. The minimum absolute atomic E-state index is 0. The number of hydrogen-bond donors (Lipinski definition) is 2. The Bertz CT molecular complexity index is 781. The number of guanidine groups is 1. The molecule has 0 spiro atoms. The first kappa shape index (κ1) is 23.9. The van der Waals surface area contributed by atoms with Crippen molar-refractivity contribution in [2.24, 2.45) is 4.99 Å². The van der Waals surface area contributed by atoms with Crippen LogP contribution < -0.4 is 24.8 Å². The molecule has 2 aromatic carbocycles. The maximum absolute atomic E-state index is 5.47. The third-order valence-corrected chi connectivity index (χ3v) is 4.13. The minimum Gasteiger partial charge on any atom is -0.497 e. The van der Waals surface area contributed by atoms with Gasteiger partial charge in [0.2, 0.25) is 0 Å². The standard InChI is InChI=1S/C21H29N3O3.HI/c1-6-22-21(23-13-16-8-7-15(2)11-19(16)26-4)24-14-17-9-10-18(25-3)12-20(17)27-5;/h7-12H,6,13-14H2,1-5H3,(H2,22,23,24);1H. The molecule has 0 aliphatic rings. The van der Waals surface area contributed by atoms with Crippen molar-refractivity contribution >= 4 is 29.9 Å². The van der Waals surface area contributed by atoms with Gasteiger partial charge in [0, 0.05) is 30.3 Å². The van der Waals surface area contributed by atoms with E-state index in [1.165, 1.54) is 5.56 Å². The zero-order chi connectivity index (χ0) is 19.6. The lowest BCUT2D eigenvalue weighted by molar-refractivity contribution is 0.391. The molecule has 2 N–H and O–H groups in total. The number of nitrogens with one attached hydrogen (secondary N) is 2. The van der Waals surface area contributed by atoms with Gasteiger partial charge >= 0.3 is 0 Å². The Morgan fingerprint density at radius 3 is 2.21 bits per heavy atom. The molecule has 2 rings (SSSR count). The molecule has 6 nitrogen and oxygen atoms in total. The molecule has 0 aliphatic carbocycles. The minimum atomic E-state index is 0. The molecule has 0 aliphatic heterocycles. The summed E-state index contributed by atoms with van der Waals surface area (Å²) in [5, 5.41) is 6.62.